The van der Waals surface area contributed by atoms with E-state index in [0.717, 1.165) is 0 Å². The zero-order valence-corrected chi connectivity index (χ0v) is 13.0. The Morgan fingerprint density at radius 3 is 2.48 bits per heavy atom. The Hall–Kier alpha value is -2.93. The van der Waals surface area contributed by atoms with Crippen molar-refractivity contribution in [3.63, 3.8) is 0 Å². The lowest BCUT2D eigenvalue weighted by Crippen LogP contribution is -2.34. The number of benzene rings is 2. The summed E-state index contributed by atoms with van der Waals surface area (Å²) in [6.45, 7) is 0. The molecule has 0 saturated carbocycles. The molecule has 0 aliphatic carbocycles. The van der Waals surface area contributed by atoms with Gasteiger partial charge in [0.05, 0.1) is 18.4 Å². The number of amides is 1. The number of rotatable bonds is 3. The highest BCUT2D eigenvalue weighted by atomic mass is 32.1. The van der Waals surface area contributed by atoms with Crippen LogP contribution in [-0.4, -0.2) is 29.2 Å². The fourth-order valence-corrected chi connectivity index (χ4v) is 2.02. The third kappa shape index (κ3) is 4.27. The average molecular weight is 330 g/mol. The van der Waals surface area contributed by atoms with Gasteiger partial charge in [0.25, 0.3) is 5.91 Å². The number of hydrogen-bond acceptors (Lipinski definition) is 5. The van der Waals surface area contributed by atoms with Crippen molar-refractivity contribution in [3.8, 4) is 5.75 Å². The number of anilines is 1. The lowest BCUT2D eigenvalue weighted by atomic mass is 10.1. The number of thiocarbonyl (C=S) groups is 1. The maximum absolute atomic E-state index is 12.1. The van der Waals surface area contributed by atoms with Crippen LogP contribution in [0.1, 0.15) is 20.7 Å². The van der Waals surface area contributed by atoms with Crippen LogP contribution < -0.4 is 10.6 Å². The van der Waals surface area contributed by atoms with Gasteiger partial charge in [-0.2, -0.15) is 0 Å². The molecule has 23 heavy (non-hydrogen) atoms. The molecule has 0 bridgehead atoms. The summed E-state index contributed by atoms with van der Waals surface area (Å²) in [6, 6.07) is 12.6. The molecule has 0 aliphatic rings. The predicted molar refractivity (Wildman–Crippen MR) is 89.6 cm³/mol. The average Bonchev–Trinajstić information content (AvgIpc) is 2.56. The molecule has 0 radical (unpaired) electrons. The number of aromatic hydroxyl groups is 1. The van der Waals surface area contributed by atoms with Crippen molar-refractivity contribution in [1.29, 1.82) is 0 Å². The Morgan fingerprint density at radius 1 is 1.09 bits per heavy atom. The van der Waals surface area contributed by atoms with Crippen molar-refractivity contribution in [2.75, 3.05) is 12.4 Å². The second-order valence-electron chi connectivity index (χ2n) is 4.50. The molecule has 0 aliphatic heterocycles. The molecule has 0 fully saturated rings. The maximum atomic E-state index is 12.1. The second-order valence-corrected chi connectivity index (χ2v) is 4.91. The van der Waals surface area contributed by atoms with Crippen molar-refractivity contribution in [2.45, 2.75) is 0 Å². The Kier molecular flexibility index (Phi) is 5.27. The summed E-state index contributed by atoms with van der Waals surface area (Å²) < 4.78 is 4.61. The van der Waals surface area contributed by atoms with Gasteiger partial charge in [0.2, 0.25) is 0 Å². The van der Waals surface area contributed by atoms with Gasteiger partial charge in [0.1, 0.15) is 5.75 Å². The smallest absolute Gasteiger partial charge is 0.337 e. The minimum Gasteiger partial charge on any atom is -0.506 e. The molecular formula is C16H14N2O4S. The second kappa shape index (κ2) is 7.37. The Balaban J connectivity index is 2.06. The molecule has 118 valence electrons. The third-order valence-corrected chi connectivity index (χ3v) is 3.13. The number of esters is 1. The van der Waals surface area contributed by atoms with E-state index in [1.165, 1.54) is 19.2 Å². The van der Waals surface area contributed by atoms with E-state index in [1.54, 1.807) is 36.4 Å². The first-order valence-electron chi connectivity index (χ1n) is 6.60. The number of carbonyl (C=O) groups is 2. The van der Waals surface area contributed by atoms with Gasteiger partial charge in [-0.1, -0.05) is 18.2 Å². The highest BCUT2D eigenvalue weighted by Crippen LogP contribution is 2.21. The van der Waals surface area contributed by atoms with E-state index in [2.05, 4.69) is 15.4 Å². The SMILES string of the molecule is COC(=O)c1cccc(C(=O)NC(=S)Nc2ccccc2O)c1. The van der Waals surface area contributed by atoms with Crippen LogP contribution in [0.2, 0.25) is 0 Å². The molecule has 7 heteroatoms. The van der Waals surface area contributed by atoms with Crippen LogP contribution in [0.4, 0.5) is 5.69 Å². The Morgan fingerprint density at radius 2 is 1.78 bits per heavy atom. The maximum Gasteiger partial charge on any atom is 0.337 e. The quantitative estimate of drug-likeness (QED) is 0.455. The lowest BCUT2D eigenvalue weighted by molar-refractivity contribution is 0.0600. The van der Waals surface area contributed by atoms with Crippen LogP contribution in [0.15, 0.2) is 48.5 Å². The largest absolute Gasteiger partial charge is 0.506 e. The van der Waals surface area contributed by atoms with Gasteiger partial charge in [0, 0.05) is 5.56 Å². The minimum absolute atomic E-state index is 0.0109. The van der Waals surface area contributed by atoms with Gasteiger partial charge in [-0.05, 0) is 42.5 Å². The summed E-state index contributed by atoms with van der Waals surface area (Å²) in [4.78, 5) is 23.6. The molecular weight excluding hydrogens is 316 g/mol. The van der Waals surface area contributed by atoms with Gasteiger partial charge in [-0.15, -0.1) is 0 Å². The van der Waals surface area contributed by atoms with Crippen LogP contribution in [-0.2, 0) is 4.74 Å². The predicted octanol–water partition coefficient (Wildman–Crippen LogP) is 2.31. The molecule has 3 N–H and O–H groups in total. The fraction of sp³-hybridized carbons (Fsp3) is 0.0625. The first kappa shape index (κ1) is 16.4. The first-order valence-corrected chi connectivity index (χ1v) is 7.01. The van der Waals surface area contributed by atoms with Gasteiger partial charge in [-0.3, -0.25) is 10.1 Å². The number of nitrogens with one attached hydrogen (secondary N) is 2. The number of ether oxygens (including phenoxy) is 1. The lowest BCUT2D eigenvalue weighted by Gasteiger charge is -2.11. The van der Waals surface area contributed by atoms with Crippen molar-refractivity contribution in [1.82, 2.24) is 5.32 Å². The Labute approximate surface area is 138 Å². The van der Waals surface area contributed by atoms with Crippen LogP contribution in [0.5, 0.6) is 5.75 Å². The van der Waals surface area contributed by atoms with Crippen molar-refractivity contribution in [2.24, 2.45) is 0 Å². The number of carbonyl (C=O) groups excluding carboxylic acids is 2. The monoisotopic (exact) mass is 330 g/mol. The molecule has 6 nitrogen and oxygen atoms in total. The van der Waals surface area contributed by atoms with E-state index in [-0.39, 0.29) is 22.0 Å². The summed E-state index contributed by atoms with van der Waals surface area (Å²) in [5.41, 5.74) is 0.898. The van der Waals surface area contributed by atoms with E-state index in [0.29, 0.717) is 5.69 Å². The number of phenols is 1. The van der Waals surface area contributed by atoms with Gasteiger partial charge in [0.15, 0.2) is 5.11 Å². The first-order chi connectivity index (χ1) is 11.0. The highest BCUT2D eigenvalue weighted by Gasteiger charge is 2.12. The molecule has 2 rings (SSSR count). The van der Waals surface area contributed by atoms with Crippen LogP contribution in [0.3, 0.4) is 0 Å². The summed E-state index contributed by atoms with van der Waals surface area (Å²) >= 11 is 5.03. The van der Waals surface area contributed by atoms with Crippen LogP contribution in [0, 0.1) is 0 Å². The van der Waals surface area contributed by atoms with Gasteiger partial charge in [-0.25, -0.2) is 4.79 Å². The third-order valence-electron chi connectivity index (χ3n) is 2.93. The molecule has 0 spiro atoms. The van der Waals surface area contributed by atoms with Crippen LogP contribution in [0.25, 0.3) is 0 Å². The summed E-state index contributed by atoms with van der Waals surface area (Å²) in [7, 11) is 1.26. The van der Waals surface area contributed by atoms with Crippen molar-refractivity contribution < 1.29 is 19.4 Å². The molecule has 0 saturated heterocycles. The molecule has 0 atom stereocenters. The summed E-state index contributed by atoms with van der Waals surface area (Å²) in [5, 5.41) is 14.9. The van der Waals surface area contributed by atoms with Gasteiger partial charge < -0.3 is 15.2 Å². The van der Waals surface area contributed by atoms with Crippen molar-refractivity contribution in [3.05, 3.63) is 59.7 Å². The zero-order valence-electron chi connectivity index (χ0n) is 12.2. The molecule has 0 heterocycles. The highest BCUT2D eigenvalue weighted by molar-refractivity contribution is 7.80. The molecule has 2 aromatic carbocycles. The van der Waals surface area contributed by atoms with E-state index < -0.39 is 11.9 Å². The molecule has 0 aromatic heterocycles. The number of phenolic OH excluding ortho intramolecular Hbond substituents is 1. The van der Waals surface area contributed by atoms with Gasteiger partial charge >= 0.3 is 5.97 Å². The standard InChI is InChI=1S/C16H14N2O4S/c1-22-15(21)11-6-4-5-10(9-11)14(20)18-16(23)17-12-7-2-3-8-13(12)19/h2-9,19H,1H3,(H2,17,18,20,23). The number of methoxy groups -OCH3 is 1. The molecule has 1 amide bonds. The zero-order chi connectivity index (χ0) is 16.8. The molecule has 2 aromatic rings. The number of para-hydroxylation sites is 2. The van der Waals surface area contributed by atoms with Crippen LogP contribution >= 0.6 is 12.2 Å². The normalized spacial score (nSPS) is 9.78. The van der Waals surface area contributed by atoms with E-state index in [9.17, 15) is 14.7 Å². The minimum atomic E-state index is -0.533. The molecule has 0 unspecified atom stereocenters. The van der Waals surface area contributed by atoms with E-state index >= 15 is 0 Å². The summed E-state index contributed by atoms with van der Waals surface area (Å²) in [5.74, 6) is -1.00. The van der Waals surface area contributed by atoms with Crippen molar-refractivity contribution >= 4 is 34.9 Å². The Bertz CT molecular complexity index is 761. The topological polar surface area (TPSA) is 87.7 Å². The van der Waals surface area contributed by atoms with E-state index in [4.69, 9.17) is 12.2 Å². The fourth-order valence-electron chi connectivity index (χ4n) is 1.81. The number of hydrogen-bond donors (Lipinski definition) is 3. The van der Waals surface area contributed by atoms with E-state index in [1.807, 2.05) is 0 Å². The summed E-state index contributed by atoms with van der Waals surface area (Å²) in [6.07, 6.45) is 0.